The Kier molecular flexibility index (Phi) is 4.05. The van der Waals surface area contributed by atoms with Gasteiger partial charge in [0.05, 0.1) is 4.90 Å². The normalized spacial score (nSPS) is 12.1. The molecule has 4 rings (SSSR count). The number of nitrogens with one attached hydrogen (secondary N) is 1. The minimum Gasteiger partial charge on any atom is -0.306 e. The predicted molar refractivity (Wildman–Crippen MR) is 106 cm³/mol. The number of H-pyrrole nitrogens is 1. The minimum atomic E-state index is -3.49. The van der Waals surface area contributed by atoms with E-state index in [1.54, 1.807) is 36.5 Å². The molecule has 0 spiro atoms. The van der Waals surface area contributed by atoms with Crippen molar-refractivity contribution in [2.45, 2.75) is 4.90 Å². The van der Waals surface area contributed by atoms with Crippen molar-refractivity contribution in [3.05, 3.63) is 71.1 Å². The smallest absolute Gasteiger partial charge is 0.257 e. The predicted octanol–water partition coefficient (Wildman–Crippen LogP) is 2.99. The molecule has 0 aliphatic rings. The quantitative estimate of drug-likeness (QED) is 0.555. The van der Waals surface area contributed by atoms with Crippen LogP contribution in [-0.2, 0) is 10.0 Å². The van der Waals surface area contributed by atoms with Gasteiger partial charge in [-0.1, -0.05) is 30.3 Å². The first kappa shape index (κ1) is 17.4. The maximum atomic E-state index is 12.3. The van der Waals surface area contributed by atoms with Gasteiger partial charge in [-0.2, -0.15) is 0 Å². The van der Waals surface area contributed by atoms with E-state index >= 15 is 0 Å². The van der Waals surface area contributed by atoms with Crippen molar-refractivity contribution in [1.82, 2.24) is 14.3 Å². The molecule has 0 aliphatic carbocycles. The molecule has 0 fully saturated rings. The molecule has 0 bridgehead atoms. The van der Waals surface area contributed by atoms with Crippen molar-refractivity contribution in [3.63, 3.8) is 0 Å². The second-order valence-electron chi connectivity index (χ2n) is 6.39. The van der Waals surface area contributed by atoms with Crippen LogP contribution < -0.4 is 5.56 Å². The first-order valence-electron chi connectivity index (χ1n) is 8.32. The average Bonchev–Trinajstić information content (AvgIpc) is 2.67. The van der Waals surface area contributed by atoms with Crippen LogP contribution in [0.1, 0.15) is 0 Å². The largest absolute Gasteiger partial charge is 0.306 e. The summed E-state index contributed by atoms with van der Waals surface area (Å²) in [6, 6.07) is 15.9. The van der Waals surface area contributed by atoms with Gasteiger partial charge in [-0.15, -0.1) is 0 Å². The Labute approximate surface area is 156 Å². The highest BCUT2D eigenvalue weighted by molar-refractivity contribution is 7.89. The lowest BCUT2D eigenvalue weighted by Gasteiger charge is -2.13. The van der Waals surface area contributed by atoms with Gasteiger partial charge in [-0.25, -0.2) is 17.7 Å². The van der Waals surface area contributed by atoms with Crippen molar-refractivity contribution in [2.24, 2.45) is 0 Å². The highest BCUT2D eigenvalue weighted by atomic mass is 32.2. The Balaban J connectivity index is 1.98. The van der Waals surface area contributed by atoms with Gasteiger partial charge in [-0.05, 0) is 40.8 Å². The van der Waals surface area contributed by atoms with Gasteiger partial charge < -0.3 is 4.98 Å². The molecule has 1 N–H and O–H groups in total. The monoisotopic (exact) mass is 379 g/mol. The van der Waals surface area contributed by atoms with Crippen molar-refractivity contribution in [1.29, 1.82) is 0 Å². The first-order chi connectivity index (χ1) is 12.9. The third kappa shape index (κ3) is 2.81. The van der Waals surface area contributed by atoms with Gasteiger partial charge in [0.2, 0.25) is 10.0 Å². The van der Waals surface area contributed by atoms with Crippen LogP contribution >= 0.6 is 0 Å². The highest BCUT2D eigenvalue weighted by Crippen LogP contribution is 2.31. The molecule has 0 radical (unpaired) electrons. The summed E-state index contributed by atoms with van der Waals surface area (Å²) in [5.74, 6) is 0. The molecule has 0 saturated heterocycles. The summed E-state index contributed by atoms with van der Waals surface area (Å²) in [6.45, 7) is 0. The average molecular weight is 379 g/mol. The fourth-order valence-electron chi connectivity index (χ4n) is 3.16. The van der Waals surface area contributed by atoms with E-state index < -0.39 is 10.0 Å². The van der Waals surface area contributed by atoms with Crippen LogP contribution in [0.4, 0.5) is 0 Å². The van der Waals surface area contributed by atoms with Gasteiger partial charge in [0, 0.05) is 31.1 Å². The van der Waals surface area contributed by atoms with E-state index in [9.17, 15) is 13.2 Å². The van der Waals surface area contributed by atoms with E-state index in [0.29, 0.717) is 11.0 Å². The van der Waals surface area contributed by atoms with Crippen LogP contribution in [0.15, 0.2) is 70.5 Å². The van der Waals surface area contributed by atoms with E-state index in [1.165, 1.54) is 18.4 Å². The third-order valence-corrected chi connectivity index (χ3v) is 6.40. The summed E-state index contributed by atoms with van der Waals surface area (Å²) in [5, 5.41) is 2.23. The van der Waals surface area contributed by atoms with Crippen molar-refractivity contribution in [2.75, 3.05) is 14.1 Å². The second-order valence-corrected chi connectivity index (χ2v) is 8.55. The van der Waals surface area contributed by atoms with Gasteiger partial charge in [0.25, 0.3) is 5.56 Å². The van der Waals surface area contributed by atoms with Gasteiger partial charge >= 0.3 is 0 Å². The van der Waals surface area contributed by atoms with Gasteiger partial charge in [0.1, 0.15) is 5.65 Å². The van der Waals surface area contributed by atoms with Crippen LogP contribution in [0.3, 0.4) is 0 Å². The van der Waals surface area contributed by atoms with Crippen LogP contribution in [0.5, 0.6) is 0 Å². The first-order valence-corrected chi connectivity index (χ1v) is 9.76. The van der Waals surface area contributed by atoms with E-state index in [4.69, 9.17) is 0 Å². The molecule has 0 amide bonds. The molecule has 7 heteroatoms. The molecule has 2 aromatic heterocycles. The molecule has 0 atom stereocenters. The molecular formula is C20H17N3O3S. The maximum absolute atomic E-state index is 12.3. The Morgan fingerprint density at radius 1 is 0.926 bits per heavy atom. The molecule has 2 aromatic carbocycles. The number of fused-ring (bicyclic) bond motifs is 3. The van der Waals surface area contributed by atoms with Crippen molar-refractivity contribution in [3.8, 4) is 11.1 Å². The van der Waals surface area contributed by atoms with E-state index in [2.05, 4.69) is 9.97 Å². The molecule has 0 unspecified atom stereocenters. The summed E-state index contributed by atoms with van der Waals surface area (Å²) < 4.78 is 25.7. The zero-order valence-electron chi connectivity index (χ0n) is 14.8. The molecular weight excluding hydrogens is 362 g/mol. The number of benzene rings is 2. The van der Waals surface area contributed by atoms with Crippen LogP contribution in [0.25, 0.3) is 32.9 Å². The zero-order valence-corrected chi connectivity index (χ0v) is 15.6. The number of hydrogen-bond acceptors (Lipinski definition) is 4. The second kappa shape index (κ2) is 6.29. The lowest BCUT2D eigenvalue weighted by molar-refractivity contribution is 0.521. The van der Waals surface area contributed by atoms with E-state index in [-0.39, 0.29) is 10.5 Å². The summed E-state index contributed by atoms with van der Waals surface area (Å²) in [5.41, 5.74) is 2.04. The van der Waals surface area contributed by atoms with Crippen molar-refractivity contribution < 1.29 is 8.42 Å². The number of hydrogen-bond donors (Lipinski definition) is 1. The fraction of sp³-hybridized carbons (Fsp3) is 0.100. The molecule has 4 aromatic rings. The molecule has 27 heavy (non-hydrogen) atoms. The molecule has 2 heterocycles. The number of aromatic amines is 1. The SMILES string of the molecule is CN(C)S(=O)(=O)c1ccc(-c2ccnc3[nH]c(=O)c4ccccc4c23)cc1. The van der Waals surface area contributed by atoms with Crippen LogP contribution in [0.2, 0.25) is 0 Å². The number of aromatic nitrogens is 2. The standard InChI is InChI=1S/C20H17N3O3S/c1-23(2)27(25,26)14-9-7-13(8-10-14)15-11-12-21-19-18(15)16-5-3-4-6-17(16)20(24)22-19/h3-12H,1-2H3,(H,21,22,24). The molecule has 0 saturated carbocycles. The Hall–Kier alpha value is -3.03. The molecule has 6 nitrogen and oxygen atoms in total. The van der Waals surface area contributed by atoms with Gasteiger partial charge in [0.15, 0.2) is 0 Å². The van der Waals surface area contributed by atoms with Crippen molar-refractivity contribution >= 4 is 31.8 Å². The fourth-order valence-corrected chi connectivity index (χ4v) is 4.06. The number of sulfonamides is 1. The number of rotatable bonds is 3. The van der Waals surface area contributed by atoms with Gasteiger partial charge in [-0.3, -0.25) is 4.79 Å². The highest BCUT2D eigenvalue weighted by Gasteiger charge is 2.17. The van der Waals surface area contributed by atoms with Crippen LogP contribution in [-0.4, -0.2) is 36.8 Å². The third-order valence-electron chi connectivity index (χ3n) is 4.57. The topological polar surface area (TPSA) is 83.1 Å². The Bertz CT molecular complexity index is 1320. The summed E-state index contributed by atoms with van der Waals surface area (Å²) >= 11 is 0. The summed E-state index contributed by atoms with van der Waals surface area (Å²) in [6.07, 6.45) is 1.63. The van der Waals surface area contributed by atoms with E-state index in [1.807, 2.05) is 24.3 Å². The Morgan fingerprint density at radius 3 is 2.26 bits per heavy atom. The minimum absolute atomic E-state index is 0.185. The number of pyridine rings is 2. The van der Waals surface area contributed by atoms with E-state index in [0.717, 1.165) is 21.9 Å². The zero-order chi connectivity index (χ0) is 19.2. The summed E-state index contributed by atoms with van der Waals surface area (Å²) in [4.78, 5) is 19.6. The number of nitrogens with zero attached hydrogens (tertiary/aromatic N) is 2. The lowest BCUT2D eigenvalue weighted by atomic mass is 9.99. The molecule has 136 valence electrons. The Morgan fingerprint density at radius 2 is 1.59 bits per heavy atom. The van der Waals surface area contributed by atoms with Crippen LogP contribution in [0, 0.1) is 0 Å². The lowest BCUT2D eigenvalue weighted by Crippen LogP contribution is -2.22. The summed E-state index contributed by atoms with van der Waals surface area (Å²) in [7, 11) is -0.481. The molecule has 0 aliphatic heterocycles. The maximum Gasteiger partial charge on any atom is 0.257 e.